The van der Waals surface area contributed by atoms with Crippen LogP contribution in [0.2, 0.25) is 0 Å². The molecule has 1 N–H and O–H groups in total. The van der Waals surface area contributed by atoms with Gasteiger partial charge in [-0.2, -0.15) is 5.10 Å². The van der Waals surface area contributed by atoms with Crippen LogP contribution in [-0.2, 0) is 16.1 Å². The van der Waals surface area contributed by atoms with Crippen LogP contribution in [0.1, 0.15) is 41.6 Å². The van der Waals surface area contributed by atoms with Crippen molar-refractivity contribution in [1.82, 2.24) is 15.1 Å². The lowest BCUT2D eigenvalue weighted by atomic mass is 10.2. The second-order valence-corrected chi connectivity index (χ2v) is 8.12. The summed E-state index contributed by atoms with van der Waals surface area (Å²) in [7, 11) is 0. The van der Waals surface area contributed by atoms with Gasteiger partial charge in [0.1, 0.15) is 11.3 Å². The van der Waals surface area contributed by atoms with Crippen molar-refractivity contribution in [2.45, 2.75) is 38.3 Å². The van der Waals surface area contributed by atoms with Crippen molar-refractivity contribution in [3.8, 4) is 10.6 Å². The fourth-order valence-electron chi connectivity index (χ4n) is 3.57. The number of carbonyl (C=O) groups excluding carboxylic acids is 2. The highest BCUT2D eigenvalue weighted by atomic mass is 32.1. The molecular weight excluding hydrogens is 386 g/mol. The Hall–Kier alpha value is -2.93. The zero-order valence-corrected chi connectivity index (χ0v) is 16.9. The van der Waals surface area contributed by atoms with E-state index in [9.17, 15) is 9.59 Å². The summed E-state index contributed by atoms with van der Waals surface area (Å²) in [6.07, 6.45) is 5.95. The van der Waals surface area contributed by atoms with Gasteiger partial charge in [0.2, 0.25) is 0 Å². The number of aromatic nitrogens is 2. The van der Waals surface area contributed by atoms with Gasteiger partial charge in [-0.15, -0.1) is 11.3 Å². The van der Waals surface area contributed by atoms with E-state index in [4.69, 9.17) is 4.74 Å². The molecular formula is C22H23N3O3S. The Bertz CT molecular complexity index is 961. The predicted octanol–water partition coefficient (Wildman–Crippen LogP) is 3.88. The van der Waals surface area contributed by atoms with Crippen molar-refractivity contribution in [2.24, 2.45) is 0 Å². The molecule has 2 aromatic heterocycles. The van der Waals surface area contributed by atoms with Crippen LogP contribution in [0.4, 0.5) is 0 Å². The minimum absolute atomic E-state index is 0.205. The van der Waals surface area contributed by atoms with Gasteiger partial charge in [0.15, 0.2) is 6.61 Å². The Labute approximate surface area is 173 Å². The number of thiophene rings is 1. The number of hydrogen-bond acceptors (Lipinski definition) is 5. The SMILES string of the molecule is O=C(COC(=O)c1cn(Cc2ccccc2)nc1-c1cccs1)NC1CCCC1. The lowest BCUT2D eigenvalue weighted by molar-refractivity contribution is -0.124. The van der Waals surface area contributed by atoms with Crippen molar-refractivity contribution in [2.75, 3.05) is 6.61 Å². The Balaban J connectivity index is 1.47. The van der Waals surface area contributed by atoms with Crippen LogP contribution in [0.15, 0.2) is 54.0 Å². The molecule has 150 valence electrons. The van der Waals surface area contributed by atoms with Gasteiger partial charge in [-0.1, -0.05) is 49.2 Å². The second-order valence-electron chi connectivity index (χ2n) is 7.18. The normalized spacial score (nSPS) is 14.1. The topological polar surface area (TPSA) is 73.2 Å². The maximum absolute atomic E-state index is 12.7. The molecule has 1 aliphatic rings. The average molecular weight is 410 g/mol. The molecule has 1 aliphatic carbocycles. The molecule has 1 amide bonds. The molecule has 0 spiro atoms. The average Bonchev–Trinajstić information content (AvgIpc) is 3.48. The summed E-state index contributed by atoms with van der Waals surface area (Å²) in [5.41, 5.74) is 2.04. The van der Waals surface area contributed by atoms with E-state index in [1.165, 1.54) is 11.3 Å². The quantitative estimate of drug-likeness (QED) is 0.601. The van der Waals surface area contributed by atoms with Crippen molar-refractivity contribution in [3.63, 3.8) is 0 Å². The molecule has 0 aliphatic heterocycles. The van der Waals surface area contributed by atoms with Crippen LogP contribution in [0.5, 0.6) is 0 Å². The Morgan fingerprint density at radius 2 is 1.93 bits per heavy atom. The molecule has 0 unspecified atom stereocenters. The standard InChI is InChI=1S/C22H23N3O3S/c26-20(23-17-9-4-5-10-17)15-28-22(27)18-14-25(13-16-7-2-1-3-8-16)24-21(18)19-11-6-12-29-19/h1-3,6-8,11-12,14,17H,4-5,9-10,13,15H2,(H,23,26). The van der Waals surface area contributed by atoms with Gasteiger partial charge in [0, 0.05) is 12.2 Å². The smallest absolute Gasteiger partial charge is 0.342 e. The van der Waals surface area contributed by atoms with E-state index >= 15 is 0 Å². The van der Waals surface area contributed by atoms with E-state index in [0.29, 0.717) is 17.8 Å². The highest BCUT2D eigenvalue weighted by Crippen LogP contribution is 2.27. The molecule has 7 heteroatoms. The van der Waals surface area contributed by atoms with E-state index in [1.54, 1.807) is 10.9 Å². The Morgan fingerprint density at radius 3 is 2.66 bits per heavy atom. The maximum atomic E-state index is 12.7. The van der Waals surface area contributed by atoms with Crippen molar-refractivity contribution < 1.29 is 14.3 Å². The van der Waals surface area contributed by atoms with Gasteiger partial charge in [-0.3, -0.25) is 9.48 Å². The van der Waals surface area contributed by atoms with Crippen molar-refractivity contribution in [3.05, 3.63) is 65.2 Å². The number of nitrogens with one attached hydrogen (secondary N) is 1. The minimum atomic E-state index is -0.533. The fourth-order valence-corrected chi connectivity index (χ4v) is 4.29. The molecule has 1 aromatic carbocycles. The van der Waals surface area contributed by atoms with Gasteiger partial charge < -0.3 is 10.1 Å². The number of carbonyl (C=O) groups is 2. The lowest BCUT2D eigenvalue weighted by Gasteiger charge is -2.11. The summed E-state index contributed by atoms with van der Waals surface area (Å²) in [5.74, 6) is -0.783. The van der Waals surface area contributed by atoms with Crippen LogP contribution in [0, 0.1) is 0 Å². The molecule has 1 saturated carbocycles. The number of esters is 1. The zero-order valence-electron chi connectivity index (χ0n) is 16.0. The summed E-state index contributed by atoms with van der Waals surface area (Å²) < 4.78 is 7.04. The van der Waals surface area contributed by atoms with E-state index in [1.807, 2.05) is 47.8 Å². The first kappa shape index (κ1) is 19.4. The van der Waals surface area contributed by atoms with Crippen LogP contribution < -0.4 is 5.32 Å². The molecule has 0 saturated heterocycles. The number of benzene rings is 1. The highest BCUT2D eigenvalue weighted by molar-refractivity contribution is 7.13. The maximum Gasteiger partial charge on any atom is 0.342 e. The third-order valence-electron chi connectivity index (χ3n) is 4.98. The highest BCUT2D eigenvalue weighted by Gasteiger charge is 2.22. The molecule has 1 fully saturated rings. The van der Waals surface area contributed by atoms with Gasteiger partial charge in [-0.05, 0) is 29.9 Å². The van der Waals surface area contributed by atoms with Crippen LogP contribution >= 0.6 is 11.3 Å². The van der Waals surface area contributed by atoms with E-state index in [2.05, 4.69) is 10.4 Å². The third kappa shape index (κ3) is 4.92. The summed E-state index contributed by atoms with van der Waals surface area (Å²) in [4.78, 5) is 25.7. The molecule has 29 heavy (non-hydrogen) atoms. The Kier molecular flexibility index (Phi) is 6.05. The summed E-state index contributed by atoms with van der Waals surface area (Å²) in [5, 5.41) is 9.48. The van der Waals surface area contributed by atoms with Crippen molar-refractivity contribution in [1.29, 1.82) is 0 Å². The van der Waals surface area contributed by atoms with E-state index in [0.717, 1.165) is 36.1 Å². The Morgan fingerprint density at radius 1 is 1.14 bits per heavy atom. The van der Waals surface area contributed by atoms with Crippen LogP contribution in [0.3, 0.4) is 0 Å². The summed E-state index contributed by atoms with van der Waals surface area (Å²) in [6.45, 7) is 0.276. The molecule has 0 atom stereocenters. The van der Waals surface area contributed by atoms with Gasteiger partial charge in [-0.25, -0.2) is 4.79 Å². The van der Waals surface area contributed by atoms with Gasteiger partial charge in [0.25, 0.3) is 5.91 Å². The summed E-state index contributed by atoms with van der Waals surface area (Å²) in [6, 6.07) is 14.0. The monoisotopic (exact) mass is 409 g/mol. The first-order valence-electron chi connectivity index (χ1n) is 9.81. The molecule has 2 heterocycles. The number of rotatable bonds is 7. The van der Waals surface area contributed by atoms with Crippen LogP contribution in [0.25, 0.3) is 10.6 Å². The second kappa shape index (κ2) is 9.05. The fraction of sp³-hybridized carbons (Fsp3) is 0.318. The van der Waals surface area contributed by atoms with Crippen molar-refractivity contribution >= 4 is 23.2 Å². The zero-order chi connectivity index (χ0) is 20.1. The minimum Gasteiger partial charge on any atom is -0.452 e. The molecule has 0 bridgehead atoms. The number of amides is 1. The third-order valence-corrected chi connectivity index (χ3v) is 5.85. The first-order chi connectivity index (χ1) is 14.2. The molecule has 6 nitrogen and oxygen atoms in total. The van der Waals surface area contributed by atoms with E-state index < -0.39 is 5.97 Å². The van der Waals surface area contributed by atoms with E-state index in [-0.39, 0.29) is 18.6 Å². The first-order valence-corrected chi connectivity index (χ1v) is 10.7. The molecule has 0 radical (unpaired) electrons. The molecule has 4 rings (SSSR count). The number of ether oxygens (including phenoxy) is 1. The lowest BCUT2D eigenvalue weighted by Crippen LogP contribution is -2.35. The largest absolute Gasteiger partial charge is 0.452 e. The van der Waals surface area contributed by atoms with Crippen LogP contribution in [-0.4, -0.2) is 34.3 Å². The molecule has 3 aromatic rings. The van der Waals surface area contributed by atoms with Gasteiger partial charge in [0.05, 0.1) is 11.4 Å². The number of nitrogens with zero attached hydrogens (tertiary/aromatic N) is 2. The number of hydrogen-bond donors (Lipinski definition) is 1. The predicted molar refractivity (Wildman–Crippen MR) is 112 cm³/mol. The summed E-state index contributed by atoms with van der Waals surface area (Å²) >= 11 is 1.51. The van der Waals surface area contributed by atoms with Gasteiger partial charge >= 0.3 is 5.97 Å².